The number of methoxy groups -OCH3 is 1. The highest BCUT2D eigenvalue weighted by Gasteiger charge is 2.24. The Morgan fingerprint density at radius 3 is 2.56 bits per heavy atom. The fourth-order valence-electron chi connectivity index (χ4n) is 5.41. The summed E-state index contributed by atoms with van der Waals surface area (Å²) in [4.78, 5) is 17.1. The number of pyridine rings is 1. The third kappa shape index (κ3) is 5.87. The number of aryl methyl sites for hydroxylation is 1. The van der Waals surface area contributed by atoms with Gasteiger partial charge in [0.1, 0.15) is 11.4 Å². The van der Waals surface area contributed by atoms with Crippen molar-refractivity contribution in [3.63, 3.8) is 0 Å². The minimum atomic E-state index is -0.260. The summed E-state index contributed by atoms with van der Waals surface area (Å²) in [5, 5.41) is 12.2. The van der Waals surface area contributed by atoms with Gasteiger partial charge in [-0.1, -0.05) is 6.07 Å². The maximum atomic E-state index is 12.8. The van der Waals surface area contributed by atoms with Crippen LogP contribution in [0.3, 0.4) is 0 Å². The van der Waals surface area contributed by atoms with Gasteiger partial charge < -0.3 is 20.1 Å². The molecule has 2 N–H and O–H groups in total. The second-order valence-electron chi connectivity index (χ2n) is 10.2. The monoisotopic (exact) mass is 491 g/mol. The lowest BCUT2D eigenvalue weighted by atomic mass is 9.86. The van der Waals surface area contributed by atoms with Crippen LogP contribution >= 0.6 is 0 Å². The molecule has 8 nitrogen and oxygen atoms in total. The van der Waals surface area contributed by atoms with Gasteiger partial charge >= 0.3 is 0 Å². The molecule has 0 bridgehead atoms. The summed E-state index contributed by atoms with van der Waals surface area (Å²) < 4.78 is 13.8. The Kier molecular flexibility index (Phi) is 7.82. The molecule has 3 heterocycles. The van der Waals surface area contributed by atoms with E-state index in [4.69, 9.17) is 14.6 Å². The molecule has 0 spiro atoms. The maximum Gasteiger partial charge on any atom is 0.274 e. The van der Waals surface area contributed by atoms with E-state index < -0.39 is 0 Å². The predicted molar refractivity (Wildman–Crippen MR) is 141 cm³/mol. The van der Waals surface area contributed by atoms with Crippen LogP contribution in [0.15, 0.2) is 36.5 Å². The van der Waals surface area contributed by atoms with E-state index in [9.17, 15) is 4.79 Å². The number of fused-ring (bicyclic) bond motifs is 1. The van der Waals surface area contributed by atoms with E-state index >= 15 is 0 Å². The molecule has 0 unspecified atom stereocenters. The summed E-state index contributed by atoms with van der Waals surface area (Å²) >= 11 is 0. The fourth-order valence-corrected chi connectivity index (χ4v) is 5.41. The zero-order valence-electron chi connectivity index (χ0n) is 21.3. The van der Waals surface area contributed by atoms with Crippen LogP contribution in [0.5, 0.6) is 5.75 Å². The Hall–Kier alpha value is -2.97. The predicted octanol–water partition coefficient (Wildman–Crippen LogP) is 4.75. The van der Waals surface area contributed by atoms with Gasteiger partial charge in [0, 0.05) is 36.6 Å². The van der Waals surface area contributed by atoms with E-state index in [0.29, 0.717) is 29.1 Å². The van der Waals surface area contributed by atoms with Crippen LogP contribution in [0.1, 0.15) is 60.7 Å². The van der Waals surface area contributed by atoms with Gasteiger partial charge in [-0.25, -0.2) is 4.98 Å². The van der Waals surface area contributed by atoms with Crippen molar-refractivity contribution in [2.45, 2.75) is 51.5 Å². The van der Waals surface area contributed by atoms with E-state index in [0.717, 1.165) is 61.7 Å². The highest BCUT2D eigenvalue weighted by molar-refractivity contribution is 6.05. The number of hydrogen-bond acceptors (Lipinski definition) is 6. The number of carbonyl (C=O) groups excluding carboxylic acids is 1. The lowest BCUT2D eigenvalue weighted by molar-refractivity contribution is 0.0478. The van der Waals surface area contributed by atoms with Crippen LogP contribution in [0, 0.1) is 18.8 Å². The second-order valence-corrected chi connectivity index (χ2v) is 10.2. The first-order valence-corrected chi connectivity index (χ1v) is 13.2. The Morgan fingerprint density at radius 1 is 1.08 bits per heavy atom. The average Bonchev–Trinajstić information content (AvgIpc) is 3.32. The maximum absolute atomic E-state index is 12.8. The number of rotatable bonds is 8. The van der Waals surface area contributed by atoms with Gasteiger partial charge in [0.2, 0.25) is 0 Å². The number of hydrogen-bond donors (Lipinski definition) is 2. The molecule has 2 aliphatic rings. The molecule has 1 amide bonds. The van der Waals surface area contributed by atoms with Crippen molar-refractivity contribution < 1.29 is 14.3 Å². The summed E-state index contributed by atoms with van der Waals surface area (Å²) in [6, 6.07) is 9.63. The summed E-state index contributed by atoms with van der Waals surface area (Å²) in [7, 11) is 1.60. The van der Waals surface area contributed by atoms with Crippen LogP contribution in [-0.4, -0.2) is 54.1 Å². The Morgan fingerprint density at radius 2 is 1.83 bits per heavy atom. The SMILES string of the molecule is COc1cc2nn(C3CCC(COCC4CCNCC4)CC3)cc2cc1NC(=O)c1cccc(C)n1. The number of nitrogens with one attached hydrogen (secondary N) is 2. The molecule has 0 radical (unpaired) electrons. The van der Waals surface area contributed by atoms with Gasteiger partial charge in [-0.05, 0) is 88.6 Å². The average molecular weight is 492 g/mol. The van der Waals surface area contributed by atoms with Crippen molar-refractivity contribution in [1.29, 1.82) is 0 Å². The van der Waals surface area contributed by atoms with Gasteiger partial charge in [-0.3, -0.25) is 9.48 Å². The van der Waals surface area contributed by atoms with Crippen molar-refractivity contribution in [3.8, 4) is 5.75 Å². The normalized spacial score (nSPS) is 20.9. The number of aromatic nitrogens is 3. The molecule has 3 aromatic rings. The minimum absolute atomic E-state index is 0.260. The van der Waals surface area contributed by atoms with Crippen LogP contribution < -0.4 is 15.4 Å². The molecule has 5 rings (SSSR count). The van der Waals surface area contributed by atoms with Crippen molar-refractivity contribution in [1.82, 2.24) is 20.1 Å². The van der Waals surface area contributed by atoms with Crippen molar-refractivity contribution in [2.75, 3.05) is 38.7 Å². The summed E-state index contributed by atoms with van der Waals surface area (Å²) in [6.07, 6.45) is 9.11. The molecule has 192 valence electrons. The van der Waals surface area contributed by atoms with Crippen molar-refractivity contribution in [3.05, 3.63) is 47.9 Å². The third-order valence-electron chi connectivity index (χ3n) is 7.57. The molecule has 2 aromatic heterocycles. The van der Waals surface area contributed by atoms with Crippen LogP contribution in [0.25, 0.3) is 10.9 Å². The van der Waals surface area contributed by atoms with Gasteiger partial charge in [-0.2, -0.15) is 5.10 Å². The molecule has 1 saturated heterocycles. The molecule has 1 aromatic carbocycles. The van der Waals surface area contributed by atoms with Gasteiger partial charge in [0.05, 0.1) is 24.4 Å². The smallest absolute Gasteiger partial charge is 0.274 e. The van der Waals surface area contributed by atoms with E-state index in [1.54, 1.807) is 13.2 Å². The number of ether oxygens (including phenoxy) is 2. The molecule has 1 aliphatic heterocycles. The van der Waals surface area contributed by atoms with Crippen molar-refractivity contribution in [2.24, 2.45) is 11.8 Å². The van der Waals surface area contributed by atoms with Crippen LogP contribution in [-0.2, 0) is 4.74 Å². The molecule has 0 atom stereocenters. The van der Waals surface area contributed by atoms with E-state index in [-0.39, 0.29) is 5.91 Å². The zero-order chi connectivity index (χ0) is 24.9. The largest absolute Gasteiger partial charge is 0.494 e. The highest BCUT2D eigenvalue weighted by Crippen LogP contribution is 2.35. The first-order valence-electron chi connectivity index (χ1n) is 13.2. The second kappa shape index (κ2) is 11.4. The summed E-state index contributed by atoms with van der Waals surface area (Å²) in [5.74, 6) is 1.69. The first-order chi connectivity index (χ1) is 17.6. The number of benzene rings is 1. The van der Waals surface area contributed by atoms with Crippen molar-refractivity contribution >= 4 is 22.5 Å². The quantitative estimate of drug-likeness (QED) is 0.473. The molecular formula is C28H37N5O3. The summed E-state index contributed by atoms with van der Waals surface area (Å²) in [5.41, 5.74) is 2.66. The first kappa shape index (κ1) is 24.7. The number of nitrogens with zero attached hydrogens (tertiary/aromatic N) is 3. The Bertz CT molecular complexity index is 1180. The highest BCUT2D eigenvalue weighted by atomic mass is 16.5. The Balaban J connectivity index is 1.20. The van der Waals surface area contributed by atoms with E-state index in [2.05, 4.69) is 26.5 Å². The molecule has 1 saturated carbocycles. The van der Waals surface area contributed by atoms with Gasteiger partial charge in [0.15, 0.2) is 0 Å². The lowest BCUT2D eigenvalue weighted by Crippen LogP contribution is -2.30. The van der Waals surface area contributed by atoms with Gasteiger partial charge in [-0.15, -0.1) is 0 Å². The van der Waals surface area contributed by atoms with E-state index in [1.165, 1.54) is 25.7 Å². The minimum Gasteiger partial charge on any atom is -0.494 e. The number of amides is 1. The molecular weight excluding hydrogens is 454 g/mol. The zero-order valence-corrected chi connectivity index (χ0v) is 21.3. The molecule has 2 fully saturated rings. The fraction of sp³-hybridized carbons (Fsp3) is 0.536. The van der Waals surface area contributed by atoms with Crippen LogP contribution in [0.4, 0.5) is 5.69 Å². The van der Waals surface area contributed by atoms with Crippen LogP contribution in [0.2, 0.25) is 0 Å². The number of carbonyl (C=O) groups is 1. The number of piperidine rings is 1. The van der Waals surface area contributed by atoms with E-state index in [1.807, 2.05) is 31.2 Å². The Labute approximate surface area is 212 Å². The lowest BCUT2D eigenvalue weighted by Gasteiger charge is -2.29. The molecule has 36 heavy (non-hydrogen) atoms. The molecule has 8 heteroatoms. The third-order valence-corrected chi connectivity index (χ3v) is 7.57. The van der Waals surface area contributed by atoms with Gasteiger partial charge in [0.25, 0.3) is 5.91 Å². The topological polar surface area (TPSA) is 90.3 Å². The standard InChI is InChI=1S/C28H37N5O3/c1-19-4-3-5-24(30-19)28(34)31-26-14-22-16-33(32-25(22)15-27(26)35-2)23-8-6-20(7-9-23)17-36-18-21-10-12-29-13-11-21/h3-5,14-16,20-21,23,29H,6-13,17-18H2,1-2H3,(H,31,34). The number of anilines is 1. The molecule has 1 aliphatic carbocycles. The summed E-state index contributed by atoms with van der Waals surface area (Å²) in [6.45, 7) is 5.91.